The van der Waals surface area contributed by atoms with Crippen LogP contribution in [0.4, 0.5) is 0 Å². The van der Waals surface area contributed by atoms with E-state index >= 15 is 0 Å². The molecule has 2 aromatic rings. The Morgan fingerprint density at radius 1 is 1.03 bits per heavy atom. The number of aliphatic carboxylic acids is 1. The summed E-state index contributed by atoms with van der Waals surface area (Å²) in [6, 6.07) is 16.4. The first-order chi connectivity index (χ1) is 16.8. The topological polar surface area (TPSA) is 63.6 Å². The SMILES string of the molecule is CC=C(C(=O)OC(C1=CC=CCC=C1)c1ccccc1)C(C(C(=O)O)=C(C)C)c1cccc(Cl)c1. The molecule has 1 N–H and O–H groups in total. The summed E-state index contributed by atoms with van der Waals surface area (Å²) < 4.78 is 6.12. The number of carboxylic acids is 1. The number of benzene rings is 2. The summed E-state index contributed by atoms with van der Waals surface area (Å²) >= 11 is 6.24. The van der Waals surface area contributed by atoms with Gasteiger partial charge in [-0.15, -0.1) is 0 Å². The predicted molar refractivity (Wildman–Crippen MR) is 140 cm³/mol. The number of carbonyl (C=O) groups is 2. The van der Waals surface area contributed by atoms with E-state index in [2.05, 4.69) is 0 Å². The van der Waals surface area contributed by atoms with E-state index in [9.17, 15) is 14.7 Å². The third kappa shape index (κ3) is 6.49. The monoisotopic (exact) mass is 488 g/mol. The lowest BCUT2D eigenvalue weighted by Gasteiger charge is -2.25. The fraction of sp³-hybridized carbons (Fsp3) is 0.200. The molecule has 2 atom stereocenters. The number of halogens is 1. The molecule has 0 radical (unpaired) electrons. The van der Waals surface area contributed by atoms with Crippen molar-refractivity contribution in [2.75, 3.05) is 0 Å². The molecule has 0 heterocycles. The Labute approximate surface area is 211 Å². The molecule has 0 amide bonds. The number of hydrogen-bond donors (Lipinski definition) is 1. The highest BCUT2D eigenvalue weighted by Crippen LogP contribution is 2.38. The second-order valence-corrected chi connectivity index (χ2v) is 8.82. The van der Waals surface area contributed by atoms with Crippen molar-refractivity contribution < 1.29 is 19.4 Å². The number of ether oxygens (including phenoxy) is 1. The third-order valence-electron chi connectivity index (χ3n) is 5.73. The summed E-state index contributed by atoms with van der Waals surface area (Å²) in [5, 5.41) is 10.5. The summed E-state index contributed by atoms with van der Waals surface area (Å²) in [5.74, 6) is -2.53. The first kappa shape index (κ1) is 26.0. The van der Waals surface area contributed by atoms with Crippen LogP contribution >= 0.6 is 11.6 Å². The molecular formula is C30H29ClO4. The minimum Gasteiger partial charge on any atom is -0.478 e. The largest absolute Gasteiger partial charge is 0.478 e. The molecule has 0 aliphatic heterocycles. The van der Waals surface area contributed by atoms with E-state index in [0.717, 1.165) is 17.6 Å². The number of rotatable bonds is 8. The fourth-order valence-electron chi connectivity index (χ4n) is 4.12. The lowest BCUT2D eigenvalue weighted by atomic mass is 9.82. The summed E-state index contributed by atoms with van der Waals surface area (Å²) in [5.41, 5.74) is 3.20. The molecule has 180 valence electrons. The Hall–Kier alpha value is -3.63. The van der Waals surface area contributed by atoms with Crippen LogP contribution in [0.3, 0.4) is 0 Å². The fourth-order valence-corrected chi connectivity index (χ4v) is 4.32. The molecule has 0 bridgehead atoms. The highest BCUT2D eigenvalue weighted by atomic mass is 35.5. The number of carbonyl (C=O) groups excluding carboxylic acids is 1. The molecule has 35 heavy (non-hydrogen) atoms. The van der Waals surface area contributed by atoms with E-state index in [1.54, 1.807) is 51.1 Å². The zero-order chi connectivity index (χ0) is 25.4. The van der Waals surface area contributed by atoms with Crippen LogP contribution in [0.5, 0.6) is 0 Å². The van der Waals surface area contributed by atoms with Gasteiger partial charge in [0.1, 0.15) is 0 Å². The van der Waals surface area contributed by atoms with Crippen molar-refractivity contribution in [2.45, 2.75) is 39.2 Å². The normalized spacial score (nSPS) is 15.0. The van der Waals surface area contributed by atoms with Gasteiger partial charge < -0.3 is 9.84 Å². The number of carboxylic acid groups (broad SMARTS) is 1. The lowest BCUT2D eigenvalue weighted by Crippen LogP contribution is -2.23. The quantitative estimate of drug-likeness (QED) is 0.308. The highest BCUT2D eigenvalue weighted by molar-refractivity contribution is 6.30. The van der Waals surface area contributed by atoms with E-state index < -0.39 is 24.0 Å². The van der Waals surface area contributed by atoms with Crippen molar-refractivity contribution >= 4 is 23.5 Å². The molecule has 1 aliphatic rings. The molecule has 1 aliphatic carbocycles. The Balaban J connectivity index is 2.08. The van der Waals surface area contributed by atoms with Crippen LogP contribution in [0.1, 0.15) is 50.3 Å². The summed E-state index contributed by atoms with van der Waals surface area (Å²) in [6.45, 7) is 5.16. The van der Waals surface area contributed by atoms with Crippen LogP contribution in [0.25, 0.3) is 0 Å². The third-order valence-corrected chi connectivity index (χ3v) is 5.97. The second-order valence-electron chi connectivity index (χ2n) is 8.38. The van der Waals surface area contributed by atoms with Crippen molar-refractivity contribution in [3.05, 3.63) is 129 Å². The zero-order valence-corrected chi connectivity index (χ0v) is 20.8. The van der Waals surface area contributed by atoms with Crippen molar-refractivity contribution in [2.24, 2.45) is 0 Å². The predicted octanol–water partition coefficient (Wildman–Crippen LogP) is 7.52. The lowest BCUT2D eigenvalue weighted by molar-refractivity contribution is -0.143. The first-order valence-electron chi connectivity index (χ1n) is 11.4. The van der Waals surface area contributed by atoms with E-state index in [4.69, 9.17) is 16.3 Å². The second kappa shape index (κ2) is 12.2. The van der Waals surface area contributed by atoms with Crippen molar-refractivity contribution in [3.63, 3.8) is 0 Å². The van der Waals surface area contributed by atoms with Gasteiger partial charge in [-0.05, 0) is 56.0 Å². The van der Waals surface area contributed by atoms with Crippen molar-refractivity contribution in [3.8, 4) is 0 Å². The van der Waals surface area contributed by atoms with Crippen LogP contribution in [0, 0.1) is 0 Å². The highest BCUT2D eigenvalue weighted by Gasteiger charge is 2.33. The van der Waals surface area contributed by atoms with Crippen molar-refractivity contribution in [1.82, 2.24) is 0 Å². The number of esters is 1. The van der Waals surface area contributed by atoms with Gasteiger partial charge >= 0.3 is 11.9 Å². The Morgan fingerprint density at radius 2 is 1.74 bits per heavy atom. The maximum Gasteiger partial charge on any atom is 0.335 e. The van der Waals surface area contributed by atoms with E-state index in [1.165, 1.54) is 0 Å². The molecule has 0 aromatic heterocycles. The van der Waals surface area contributed by atoms with Crippen LogP contribution < -0.4 is 0 Å². The maximum atomic E-state index is 13.7. The molecule has 5 heteroatoms. The standard InChI is InChI=1S/C30H29ClO4/c1-4-25(27(26(20(2)3)29(32)33)23-17-12-18-24(31)19-23)30(34)35-28(22-15-10-7-11-16-22)21-13-8-5-6-9-14-21/h4-5,7-19,27-28H,6H2,1-3H3,(H,32,33). The number of allylic oxidation sites excluding steroid dienone is 6. The minimum absolute atomic E-state index is 0.116. The molecule has 0 spiro atoms. The Bertz CT molecular complexity index is 1230. The van der Waals surface area contributed by atoms with Gasteiger partial charge in [0.2, 0.25) is 0 Å². The zero-order valence-electron chi connectivity index (χ0n) is 20.1. The van der Waals surface area contributed by atoms with Gasteiger partial charge in [0.15, 0.2) is 6.10 Å². The van der Waals surface area contributed by atoms with Gasteiger partial charge in [0.05, 0.1) is 0 Å². The van der Waals surface area contributed by atoms with E-state index in [1.807, 2.05) is 60.7 Å². The molecule has 2 unspecified atom stereocenters. The molecule has 0 saturated heterocycles. The van der Waals surface area contributed by atoms with Crippen LogP contribution in [0.15, 0.2) is 113 Å². The summed E-state index contributed by atoms with van der Waals surface area (Å²) in [7, 11) is 0. The Kier molecular flexibility index (Phi) is 9.04. The molecular weight excluding hydrogens is 460 g/mol. The van der Waals surface area contributed by atoms with Gasteiger partial charge in [-0.25, -0.2) is 9.59 Å². The van der Waals surface area contributed by atoms with Crippen LogP contribution in [-0.2, 0) is 14.3 Å². The van der Waals surface area contributed by atoms with Gasteiger partial charge in [0.25, 0.3) is 0 Å². The summed E-state index contributed by atoms with van der Waals surface area (Å²) in [6.07, 6.45) is 11.6. The number of hydrogen-bond acceptors (Lipinski definition) is 3. The molecule has 0 fully saturated rings. The van der Waals surface area contributed by atoms with Crippen LogP contribution in [0.2, 0.25) is 5.02 Å². The minimum atomic E-state index is -1.10. The first-order valence-corrected chi connectivity index (χ1v) is 11.8. The molecule has 0 saturated carbocycles. The van der Waals surface area contributed by atoms with Crippen molar-refractivity contribution in [1.29, 1.82) is 0 Å². The molecule has 2 aromatic carbocycles. The smallest absolute Gasteiger partial charge is 0.335 e. The van der Waals surface area contributed by atoms with Gasteiger partial charge in [0, 0.05) is 22.1 Å². The Morgan fingerprint density at radius 3 is 2.37 bits per heavy atom. The van der Waals surface area contributed by atoms with Gasteiger partial charge in [-0.3, -0.25) is 0 Å². The maximum absolute atomic E-state index is 13.7. The summed E-state index contributed by atoms with van der Waals surface area (Å²) in [4.78, 5) is 26.0. The average Bonchev–Trinajstić information content (AvgIpc) is 3.12. The van der Waals surface area contributed by atoms with Crippen LogP contribution in [-0.4, -0.2) is 17.0 Å². The molecule has 3 rings (SSSR count). The van der Waals surface area contributed by atoms with E-state index in [-0.39, 0.29) is 11.1 Å². The van der Waals surface area contributed by atoms with E-state index in [0.29, 0.717) is 16.2 Å². The van der Waals surface area contributed by atoms with Gasteiger partial charge in [-0.2, -0.15) is 0 Å². The molecule has 4 nitrogen and oxygen atoms in total. The average molecular weight is 489 g/mol. The van der Waals surface area contributed by atoms with Gasteiger partial charge in [-0.1, -0.05) is 96.1 Å².